The lowest BCUT2D eigenvalue weighted by Crippen LogP contribution is -2.20. The maximum atomic E-state index is 13.6. The Labute approximate surface area is 229 Å². The molecule has 0 spiro atoms. The number of ether oxygens (including phenoxy) is 2. The van der Waals surface area contributed by atoms with Gasteiger partial charge in [-0.3, -0.25) is 14.5 Å². The minimum Gasteiger partial charge on any atom is -0.497 e. The first-order valence-electron chi connectivity index (χ1n) is 12.2. The largest absolute Gasteiger partial charge is 0.497 e. The third kappa shape index (κ3) is 4.94. The molecule has 0 fully saturated rings. The van der Waals surface area contributed by atoms with Crippen LogP contribution in [0.15, 0.2) is 93.2 Å². The summed E-state index contributed by atoms with van der Waals surface area (Å²) in [7, 11) is 5.09. The topological polar surface area (TPSA) is 87.9 Å². The summed E-state index contributed by atoms with van der Waals surface area (Å²) in [5, 5.41) is 6.86. The van der Waals surface area contributed by atoms with Gasteiger partial charge >= 0.3 is 0 Å². The van der Waals surface area contributed by atoms with Crippen molar-refractivity contribution in [3.8, 4) is 28.4 Å². The number of benzene rings is 2. The summed E-state index contributed by atoms with van der Waals surface area (Å²) in [6.07, 6.45) is 1.73. The van der Waals surface area contributed by atoms with Gasteiger partial charge in [0, 0.05) is 24.2 Å². The number of hydrogen-bond donors (Lipinski definition) is 0. The van der Waals surface area contributed by atoms with E-state index in [1.165, 1.54) is 11.3 Å². The minimum absolute atomic E-state index is 0.216. The first kappa shape index (κ1) is 25.9. The second kappa shape index (κ2) is 11.0. The fraction of sp³-hybridized carbons (Fsp3) is 0.172. The minimum atomic E-state index is -0.216. The zero-order valence-electron chi connectivity index (χ0n) is 22.3. The summed E-state index contributed by atoms with van der Waals surface area (Å²) in [5.74, 6) is 1.33. The average molecular weight is 541 g/mol. The average Bonchev–Trinajstić information content (AvgIpc) is 3.46. The normalized spacial score (nSPS) is 12.1. The molecule has 10 heteroatoms. The maximum absolute atomic E-state index is 13.6. The van der Waals surface area contributed by atoms with Gasteiger partial charge in [0.25, 0.3) is 5.56 Å². The van der Waals surface area contributed by atoms with Gasteiger partial charge in [0.05, 0.1) is 42.7 Å². The summed E-state index contributed by atoms with van der Waals surface area (Å²) in [6.45, 7) is 3.77. The summed E-state index contributed by atoms with van der Waals surface area (Å²) in [4.78, 5) is 23.4. The number of aromatic nitrogens is 4. The lowest BCUT2D eigenvalue weighted by molar-refractivity contribution is 0.404. The molecule has 5 aromatic rings. The van der Waals surface area contributed by atoms with Crippen LogP contribution in [0.1, 0.15) is 18.3 Å². The molecule has 9 nitrogen and oxygen atoms in total. The van der Waals surface area contributed by atoms with Gasteiger partial charge < -0.3 is 9.47 Å². The Balaban J connectivity index is 1.77. The van der Waals surface area contributed by atoms with E-state index in [-0.39, 0.29) is 5.56 Å². The third-order valence-electron chi connectivity index (χ3n) is 6.38. The highest BCUT2D eigenvalue weighted by atomic mass is 32.1. The fourth-order valence-corrected chi connectivity index (χ4v) is 5.06. The monoisotopic (exact) mass is 540 g/mol. The number of para-hydroxylation sites is 1. The molecule has 0 aliphatic rings. The zero-order valence-corrected chi connectivity index (χ0v) is 23.1. The van der Waals surface area contributed by atoms with E-state index in [0.717, 1.165) is 28.3 Å². The van der Waals surface area contributed by atoms with E-state index in [9.17, 15) is 4.79 Å². The molecule has 2 aromatic carbocycles. The van der Waals surface area contributed by atoms with E-state index in [4.69, 9.17) is 19.6 Å². The van der Waals surface area contributed by atoms with Crippen molar-refractivity contribution in [1.82, 2.24) is 19.0 Å². The van der Waals surface area contributed by atoms with E-state index in [1.807, 2.05) is 97.7 Å². The number of hydrogen-bond acceptors (Lipinski definition) is 7. The van der Waals surface area contributed by atoms with Gasteiger partial charge in [-0.15, -0.1) is 11.3 Å². The van der Waals surface area contributed by atoms with Crippen LogP contribution in [0.4, 0.5) is 5.69 Å². The Kier molecular flexibility index (Phi) is 7.29. The predicted octanol–water partition coefficient (Wildman–Crippen LogP) is 4.93. The van der Waals surface area contributed by atoms with Gasteiger partial charge in [0.1, 0.15) is 11.5 Å². The van der Waals surface area contributed by atoms with Crippen LogP contribution < -0.4 is 19.8 Å². The molecule has 0 unspecified atom stereocenters. The molecule has 0 radical (unpaired) electrons. The van der Waals surface area contributed by atoms with Crippen LogP contribution in [0.5, 0.6) is 11.5 Å². The van der Waals surface area contributed by atoms with Gasteiger partial charge in [-0.2, -0.15) is 5.10 Å². The van der Waals surface area contributed by atoms with E-state index in [0.29, 0.717) is 27.7 Å². The fourth-order valence-electron chi connectivity index (χ4n) is 4.23. The van der Waals surface area contributed by atoms with Gasteiger partial charge in [-0.05, 0) is 56.3 Å². The van der Waals surface area contributed by atoms with Crippen LogP contribution >= 0.6 is 11.3 Å². The lowest BCUT2D eigenvalue weighted by atomic mass is 10.1. The van der Waals surface area contributed by atoms with Crippen molar-refractivity contribution >= 4 is 22.7 Å². The Morgan fingerprint density at radius 1 is 1.00 bits per heavy atom. The van der Waals surface area contributed by atoms with Crippen LogP contribution in [0.25, 0.3) is 16.9 Å². The third-order valence-corrected chi connectivity index (χ3v) is 7.20. The first-order chi connectivity index (χ1) is 18.9. The molecule has 0 saturated heterocycles. The van der Waals surface area contributed by atoms with Crippen molar-refractivity contribution in [2.24, 2.45) is 17.1 Å². The Morgan fingerprint density at radius 2 is 1.77 bits per heavy atom. The van der Waals surface area contributed by atoms with E-state index < -0.39 is 0 Å². The van der Waals surface area contributed by atoms with Crippen LogP contribution in [0.3, 0.4) is 0 Å². The lowest BCUT2D eigenvalue weighted by Gasteiger charge is -2.11. The van der Waals surface area contributed by atoms with Gasteiger partial charge in [-0.25, -0.2) is 14.4 Å². The zero-order chi connectivity index (χ0) is 27.5. The smallest absolute Gasteiger partial charge is 0.297 e. The molecule has 0 aliphatic heterocycles. The molecule has 0 saturated carbocycles. The number of nitrogens with zero attached hydrogens (tertiary/aromatic N) is 6. The Bertz CT molecular complexity index is 1780. The van der Waals surface area contributed by atoms with E-state index in [2.05, 4.69) is 4.98 Å². The van der Waals surface area contributed by atoms with Crippen LogP contribution in [0, 0.1) is 6.92 Å². The second-order valence-electron chi connectivity index (χ2n) is 8.70. The molecular formula is C29H28N6O3S. The standard InChI is InChI=1S/C29H28N6O3S/c1-19(24-13-9-10-16-30-24)32-34-25(23-17-22(37-4)14-15-26(23)38-5)18-39-29(34)31-27-20(2)33(3)35(28(27)36)21-11-7-6-8-12-21/h6-18H,1-5H3. The summed E-state index contributed by atoms with van der Waals surface area (Å²) < 4.78 is 16.3. The second-order valence-corrected chi connectivity index (χ2v) is 9.54. The SMILES string of the molecule is COc1ccc(OC)c(-c2csc(=Nc3c(C)n(C)n(-c4ccccc4)c3=O)n2N=C(C)c2ccccn2)c1. The quantitative estimate of drug-likeness (QED) is 0.274. The Morgan fingerprint density at radius 3 is 2.46 bits per heavy atom. The van der Waals surface area contributed by atoms with Crippen molar-refractivity contribution in [2.45, 2.75) is 13.8 Å². The number of thiazole rings is 1. The number of pyridine rings is 1. The predicted molar refractivity (Wildman–Crippen MR) is 154 cm³/mol. The van der Waals surface area contributed by atoms with Crippen molar-refractivity contribution in [3.05, 3.63) is 105 Å². The van der Waals surface area contributed by atoms with Gasteiger partial charge in [0.2, 0.25) is 4.80 Å². The molecule has 198 valence electrons. The van der Waals surface area contributed by atoms with Crippen LogP contribution in [0.2, 0.25) is 0 Å². The van der Waals surface area contributed by atoms with Crippen LogP contribution in [-0.4, -0.2) is 39.0 Å². The highest BCUT2D eigenvalue weighted by Crippen LogP contribution is 2.34. The molecule has 3 heterocycles. The summed E-state index contributed by atoms with van der Waals surface area (Å²) in [6, 6.07) is 20.8. The molecule has 0 aliphatic carbocycles. The number of rotatable bonds is 7. The van der Waals surface area contributed by atoms with Gasteiger partial charge in [0.15, 0.2) is 5.69 Å². The number of methoxy groups -OCH3 is 2. The van der Waals surface area contributed by atoms with Crippen molar-refractivity contribution in [2.75, 3.05) is 14.2 Å². The van der Waals surface area contributed by atoms with Crippen molar-refractivity contribution in [1.29, 1.82) is 0 Å². The molecule has 5 rings (SSSR count). The van der Waals surface area contributed by atoms with Crippen molar-refractivity contribution in [3.63, 3.8) is 0 Å². The van der Waals surface area contributed by atoms with Crippen LogP contribution in [-0.2, 0) is 7.05 Å². The molecule has 39 heavy (non-hydrogen) atoms. The van der Waals surface area contributed by atoms with Crippen molar-refractivity contribution < 1.29 is 9.47 Å². The molecular weight excluding hydrogens is 512 g/mol. The molecule has 3 aromatic heterocycles. The highest BCUT2D eigenvalue weighted by Gasteiger charge is 2.18. The Hall–Kier alpha value is -4.70. The van der Waals surface area contributed by atoms with E-state index in [1.54, 1.807) is 29.8 Å². The van der Waals surface area contributed by atoms with E-state index >= 15 is 0 Å². The molecule has 0 bridgehead atoms. The van der Waals surface area contributed by atoms with Gasteiger partial charge in [-0.1, -0.05) is 24.3 Å². The first-order valence-corrected chi connectivity index (χ1v) is 13.1. The maximum Gasteiger partial charge on any atom is 0.297 e. The highest BCUT2D eigenvalue weighted by molar-refractivity contribution is 7.07. The molecule has 0 N–H and O–H groups in total. The summed E-state index contributed by atoms with van der Waals surface area (Å²) >= 11 is 1.38. The summed E-state index contributed by atoms with van der Waals surface area (Å²) in [5.41, 5.74) is 4.55. The molecule has 0 atom stereocenters. The molecule has 0 amide bonds.